The maximum atomic E-state index is 13.8. The number of benzene rings is 1. The number of ether oxygens (including phenoxy) is 1. The normalized spacial score (nSPS) is 33.2. The molecule has 3 atom stereocenters. The molecule has 0 radical (unpaired) electrons. The van der Waals surface area contributed by atoms with Crippen molar-refractivity contribution in [3.63, 3.8) is 0 Å². The maximum absolute atomic E-state index is 13.8. The van der Waals surface area contributed by atoms with Gasteiger partial charge in [-0.15, -0.1) is 0 Å². The summed E-state index contributed by atoms with van der Waals surface area (Å²) in [5.41, 5.74) is 6.01. The molecule has 3 rings (SSSR count). The number of aryl methyl sites for hydroxylation is 1. The molecule has 0 aromatic heterocycles. The molecule has 2 fully saturated rings. The molecule has 2 aliphatic rings. The Morgan fingerprint density at radius 1 is 1.48 bits per heavy atom. The van der Waals surface area contributed by atoms with Crippen molar-refractivity contribution in [3.05, 3.63) is 29.6 Å². The number of carbonyl (C=O) groups is 1. The zero-order valence-corrected chi connectivity index (χ0v) is 12.6. The molecular weight excluding hydrogens is 271 g/mol. The summed E-state index contributed by atoms with van der Waals surface area (Å²) in [5.74, 6) is -0.780. The van der Waals surface area contributed by atoms with Crippen LogP contribution in [0.5, 0.6) is 0 Å². The fourth-order valence-electron chi connectivity index (χ4n) is 3.81. The van der Waals surface area contributed by atoms with E-state index in [2.05, 4.69) is 5.32 Å². The second kappa shape index (κ2) is 4.52. The average Bonchev–Trinajstić information content (AvgIpc) is 2.90. The number of rotatable bonds is 2. The molecule has 1 aliphatic heterocycles. The summed E-state index contributed by atoms with van der Waals surface area (Å²) >= 11 is 0. The van der Waals surface area contributed by atoms with Gasteiger partial charge in [-0.1, -0.05) is 19.9 Å². The molecular formula is C16H21FN2O2. The summed E-state index contributed by atoms with van der Waals surface area (Å²) in [6.07, 6.45) is 0.782. The van der Waals surface area contributed by atoms with E-state index in [0.29, 0.717) is 6.61 Å². The van der Waals surface area contributed by atoms with Crippen LogP contribution in [0.1, 0.15) is 25.8 Å². The molecule has 4 nitrogen and oxygen atoms in total. The maximum Gasteiger partial charge on any atom is 0.245 e. The van der Waals surface area contributed by atoms with Crippen LogP contribution in [-0.2, 0) is 9.53 Å². The first-order valence-electron chi connectivity index (χ1n) is 7.26. The van der Waals surface area contributed by atoms with Crippen molar-refractivity contribution in [2.45, 2.75) is 38.8 Å². The SMILES string of the molecule is Cc1ccc(F)c(NC(=O)C2(N)C3CCOC3C2(C)C)c1. The standard InChI is InChI=1S/C16H21FN2O2/c1-9-4-5-11(17)12(8-9)19-14(20)16(18)10-6-7-21-13(10)15(16,2)3/h4-5,8,10,13H,6-7,18H2,1-3H3,(H,19,20). The fraction of sp³-hybridized carbons (Fsp3) is 0.562. The van der Waals surface area contributed by atoms with Crippen LogP contribution in [0, 0.1) is 24.1 Å². The van der Waals surface area contributed by atoms with E-state index >= 15 is 0 Å². The molecule has 0 bridgehead atoms. The van der Waals surface area contributed by atoms with Gasteiger partial charge in [0, 0.05) is 17.9 Å². The van der Waals surface area contributed by atoms with Crippen LogP contribution in [0.25, 0.3) is 0 Å². The van der Waals surface area contributed by atoms with Crippen molar-refractivity contribution >= 4 is 11.6 Å². The van der Waals surface area contributed by atoms with Gasteiger partial charge in [-0.05, 0) is 31.0 Å². The van der Waals surface area contributed by atoms with Crippen molar-refractivity contribution in [2.75, 3.05) is 11.9 Å². The summed E-state index contributed by atoms with van der Waals surface area (Å²) in [7, 11) is 0. The van der Waals surface area contributed by atoms with Crippen LogP contribution < -0.4 is 11.1 Å². The van der Waals surface area contributed by atoms with Crippen molar-refractivity contribution in [3.8, 4) is 0 Å². The Morgan fingerprint density at radius 3 is 2.90 bits per heavy atom. The minimum atomic E-state index is -1.02. The number of anilines is 1. The van der Waals surface area contributed by atoms with E-state index in [1.807, 2.05) is 20.8 Å². The van der Waals surface area contributed by atoms with Gasteiger partial charge in [0.2, 0.25) is 5.91 Å². The van der Waals surface area contributed by atoms with Crippen molar-refractivity contribution in [1.82, 2.24) is 0 Å². The molecule has 114 valence electrons. The second-order valence-corrected chi connectivity index (χ2v) is 6.71. The van der Waals surface area contributed by atoms with Crippen LogP contribution in [0.2, 0.25) is 0 Å². The number of hydrogen-bond acceptors (Lipinski definition) is 3. The fourth-order valence-corrected chi connectivity index (χ4v) is 3.81. The molecule has 1 saturated heterocycles. The summed E-state index contributed by atoms with van der Waals surface area (Å²) in [4.78, 5) is 12.7. The largest absolute Gasteiger partial charge is 0.377 e. The van der Waals surface area contributed by atoms with E-state index < -0.39 is 16.8 Å². The topological polar surface area (TPSA) is 64.4 Å². The number of amides is 1. The van der Waals surface area contributed by atoms with Crippen LogP contribution >= 0.6 is 0 Å². The number of nitrogens with two attached hydrogens (primary N) is 1. The van der Waals surface area contributed by atoms with Gasteiger partial charge in [0.05, 0.1) is 11.8 Å². The lowest BCUT2D eigenvalue weighted by Crippen LogP contribution is -2.79. The molecule has 3 N–H and O–H groups in total. The van der Waals surface area contributed by atoms with E-state index in [0.717, 1.165) is 12.0 Å². The molecule has 1 aliphatic carbocycles. The van der Waals surface area contributed by atoms with Crippen LogP contribution in [0.4, 0.5) is 10.1 Å². The third-order valence-corrected chi connectivity index (χ3v) is 5.20. The lowest BCUT2D eigenvalue weighted by molar-refractivity contribution is -0.170. The van der Waals surface area contributed by atoms with E-state index in [1.165, 1.54) is 6.07 Å². The highest BCUT2D eigenvalue weighted by Gasteiger charge is 2.71. The lowest BCUT2D eigenvalue weighted by Gasteiger charge is -2.60. The second-order valence-electron chi connectivity index (χ2n) is 6.71. The van der Waals surface area contributed by atoms with Gasteiger partial charge in [0.1, 0.15) is 11.4 Å². The number of carbonyl (C=O) groups excluding carboxylic acids is 1. The molecule has 1 saturated carbocycles. The van der Waals surface area contributed by atoms with Gasteiger partial charge < -0.3 is 15.8 Å². The smallest absolute Gasteiger partial charge is 0.245 e. The summed E-state index contributed by atoms with van der Waals surface area (Å²) in [5, 5.41) is 2.67. The highest BCUT2D eigenvalue weighted by Crippen LogP contribution is 2.58. The molecule has 3 unspecified atom stereocenters. The minimum Gasteiger partial charge on any atom is -0.377 e. The first kappa shape index (κ1) is 14.5. The zero-order valence-electron chi connectivity index (χ0n) is 12.6. The van der Waals surface area contributed by atoms with Gasteiger partial charge in [-0.25, -0.2) is 4.39 Å². The Labute approximate surface area is 123 Å². The predicted octanol–water partition coefficient (Wildman–Crippen LogP) is 2.22. The predicted molar refractivity (Wildman–Crippen MR) is 78.3 cm³/mol. The van der Waals surface area contributed by atoms with Crippen LogP contribution in [0.3, 0.4) is 0 Å². The Kier molecular flexibility index (Phi) is 3.11. The van der Waals surface area contributed by atoms with Gasteiger partial charge in [-0.2, -0.15) is 0 Å². The first-order valence-corrected chi connectivity index (χ1v) is 7.26. The molecule has 1 heterocycles. The number of hydrogen-bond donors (Lipinski definition) is 2. The Hall–Kier alpha value is -1.46. The van der Waals surface area contributed by atoms with Crippen molar-refractivity contribution in [1.29, 1.82) is 0 Å². The highest BCUT2D eigenvalue weighted by atomic mass is 19.1. The number of nitrogens with one attached hydrogen (secondary N) is 1. The Balaban J connectivity index is 1.87. The van der Waals surface area contributed by atoms with E-state index in [-0.39, 0.29) is 23.6 Å². The van der Waals surface area contributed by atoms with Gasteiger partial charge in [0.15, 0.2) is 0 Å². The van der Waals surface area contributed by atoms with Crippen molar-refractivity contribution in [2.24, 2.45) is 17.1 Å². The average molecular weight is 292 g/mol. The minimum absolute atomic E-state index is 0.000343. The van der Waals surface area contributed by atoms with Crippen molar-refractivity contribution < 1.29 is 13.9 Å². The monoisotopic (exact) mass is 292 g/mol. The Morgan fingerprint density at radius 2 is 2.19 bits per heavy atom. The summed E-state index contributed by atoms with van der Waals surface area (Å²) in [6, 6.07) is 4.63. The summed E-state index contributed by atoms with van der Waals surface area (Å²) < 4.78 is 19.5. The zero-order chi connectivity index (χ0) is 15.4. The van der Waals surface area contributed by atoms with Gasteiger partial charge >= 0.3 is 0 Å². The summed E-state index contributed by atoms with van der Waals surface area (Å²) in [6.45, 7) is 6.35. The van der Waals surface area contributed by atoms with E-state index in [9.17, 15) is 9.18 Å². The van der Waals surface area contributed by atoms with Gasteiger partial charge in [-0.3, -0.25) is 4.79 Å². The van der Waals surface area contributed by atoms with E-state index in [4.69, 9.17) is 10.5 Å². The number of halogens is 1. The third kappa shape index (κ3) is 1.84. The van der Waals surface area contributed by atoms with E-state index in [1.54, 1.807) is 12.1 Å². The third-order valence-electron chi connectivity index (χ3n) is 5.20. The van der Waals surface area contributed by atoms with Crippen LogP contribution in [-0.4, -0.2) is 24.2 Å². The quantitative estimate of drug-likeness (QED) is 0.878. The molecule has 1 aromatic rings. The molecule has 1 amide bonds. The Bertz CT molecular complexity index is 602. The highest BCUT2D eigenvalue weighted by molar-refractivity contribution is 6.00. The van der Waals surface area contributed by atoms with Gasteiger partial charge in [0.25, 0.3) is 0 Å². The van der Waals surface area contributed by atoms with Crippen LogP contribution in [0.15, 0.2) is 18.2 Å². The first-order chi connectivity index (χ1) is 9.78. The molecule has 1 aromatic carbocycles. The molecule has 5 heteroatoms. The molecule has 0 spiro atoms. The molecule has 21 heavy (non-hydrogen) atoms. The lowest BCUT2D eigenvalue weighted by atomic mass is 9.48. The number of fused-ring (bicyclic) bond motifs is 1.